The fourth-order valence-electron chi connectivity index (χ4n) is 1.52. The van der Waals surface area contributed by atoms with Crippen molar-refractivity contribution >= 4 is 33.4 Å². The number of nitrogens with zero attached hydrogens (tertiary/aromatic N) is 3. The lowest BCUT2D eigenvalue weighted by molar-refractivity contribution is -0.120. The van der Waals surface area contributed by atoms with E-state index in [1.54, 1.807) is 18.2 Å². The van der Waals surface area contributed by atoms with Crippen molar-refractivity contribution in [3.63, 3.8) is 0 Å². The predicted molar refractivity (Wildman–Crippen MR) is 77.7 cm³/mol. The van der Waals surface area contributed by atoms with Crippen molar-refractivity contribution in [3.8, 4) is 0 Å². The van der Waals surface area contributed by atoms with Gasteiger partial charge in [0.15, 0.2) is 0 Å². The maximum absolute atomic E-state index is 11.4. The summed E-state index contributed by atoms with van der Waals surface area (Å²) in [6.07, 6.45) is 0.628. The van der Waals surface area contributed by atoms with Crippen LogP contribution in [0, 0.1) is 0 Å². The lowest BCUT2D eigenvalue weighted by atomic mass is 10.1. The number of amides is 1. The molecule has 0 spiro atoms. The molecule has 0 saturated heterocycles. The number of hydrogen-bond acceptors (Lipinski definition) is 3. The highest BCUT2D eigenvalue weighted by Crippen LogP contribution is 2.26. The van der Waals surface area contributed by atoms with Crippen LogP contribution in [0.2, 0.25) is 5.02 Å². The van der Waals surface area contributed by atoms with E-state index in [0.717, 1.165) is 5.56 Å². The molecule has 0 saturated carbocycles. The second-order valence-corrected chi connectivity index (χ2v) is 5.03. The Morgan fingerprint density at radius 1 is 1.63 bits per heavy atom. The summed E-state index contributed by atoms with van der Waals surface area (Å²) in [5.74, 6) is -0.474. The Morgan fingerprint density at radius 3 is 2.95 bits per heavy atom. The summed E-state index contributed by atoms with van der Waals surface area (Å²) in [7, 11) is 0. The lowest BCUT2D eigenvalue weighted by Gasteiger charge is -2.16. The normalized spacial score (nSPS) is 11.7. The molecule has 1 aromatic rings. The number of hydrogen-bond donors (Lipinski definition) is 2. The Labute approximate surface area is 124 Å². The second-order valence-electron chi connectivity index (χ2n) is 3.77. The lowest BCUT2D eigenvalue weighted by Crippen LogP contribution is -2.34. The summed E-state index contributed by atoms with van der Waals surface area (Å²) in [5, 5.41) is 7.00. The van der Waals surface area contributed by atoms with E-state index in [9.17, 15) is 4.79 Å². The smallest absolute Gasteiger partial charge is 0.239 e. The maximum Gasteiger partial charge on any atom is 0.239 e. The third-order valence-electron chi connectivity index (χ3n) is 2.41. The molecule has 0 bridgehead atoms. The Hall–Kier alpha value is -1.27. The van der Waals surface area contributed by atoms with Gasteiger partial charge in [0.05, 0.1) is 5.02 Å². The van der Waals surface area contributed by atoms with Gasteiger partial charge in [-0.25, -0.2) is 0 Å². The predicted octanol–water partition coefficient (Wildman–Crippen LogP) is 2.92. The number of carbonyl (C=O) groups excluding carboxylic acids is 1. The standard InChI is InChI=1S/C11H13BrClN5O/c12-8-6-7(2-3-9(8)13)10(11(14)19)16-4-1-5-17-18-15/h2-3,6,10,16H,1,4-5H2,(H2,14,19). The molecule has 3 N–H and O–H groups in total. The molecule has 0 aliphatic heterocycles. The highest BCUT2D eigenvalue weighted by atomic mass is 79.9. The van der Waals surface area contributed by atoms with Crippen molar-refractivity contribution in [2.24, 2.45) is 10.8 Å². The number of halogens is 2. The Balaban J connectivity index is 2.69. The van der Waals surface area contributed by atoms with Gasteiger partial charge in [-0.05, 0) is 52.1 Å². The number of azide groups is 1. The molecule has 0 aliphatic rings. The van der Waals surface area contributed by atoms with Crippen LogP contribution in [0.1, 0.15) is 18.0 Å². The molecule has 8 heteroatoms. The van der Waals surface area contributed by atoms with Crippen molar-refractivity contribution in [1.82, 2.24) is 5.32 Å². The molecular weight excluding hydrogens is 334 g/mol. The first-order valence-electron chi connectivity index (χ1n) is 5.54. The quantitative estimate of drug-likeness (QED) is 0.343. The summed E-state index contributed by atoms with van der Waals surface area (Å²) in [4.78, 5) is 14.1. The van der Waals surface area contributed by atoms with Gasteiger partial charge in [-0.3, -0.25) is 4.79 Å². The molecule has 1 amide bonds. The maximum atomic E-state index is 11.4. The molecule has 19 heavy (non-hydrogen) atoms. The summed E-state index contributed by atoms with van der Waals surface area (Å²) in [6, 6.07) is 4.58. The number of nitrogens with one attached hydrogen (secondary N) is 1. The van der Waals surface area contributed by atoms with Crippen LogP contribution in [0.15, 0.2) is 27.8 Å². The zero-order chi connectivity index (χ0) is 14.3. The number of primary amides is 1. The molecule has 0 fully saturated rings. The van der Waals surface area contributed by atoms with E-state index >= 15 is 0 Å². The van der Waals surface area contributed by atoms with E-state index in [0.29, 0.717) is 29.0 Å². The van der Waals surface area contributed by atoms with E-state index in [1.807, 2.05) is 0 Å². The van der Waals surface area contributed by atoms with Crippen LogP contribution in [-0.4, -0.2) is 19.0 Å². The molecule has 1 aromatic carbocycles. The second kappa shape index (κ2) is 8.01. The van der Waals surface area contributed by atoms with Gasteiger partial charge in [-0.15, -0.1) is 0 Å². The third-order valence-corrected chi connectivity index (χ3v) is 3.62. The van der Waals surface area contributed by atoms with Crippen LogP contribution < -0.4 is 11.1 Å². The highest BCUT2D eigenvalue weighted by molar-refractivity contribution is 9.10. The molecule has 1 atom stereocenters. The molecule has 6 nitrogen and oxygen atoms in total. The average molecular weight is 347 g/mol. The monoisotopic (exact) mass is 345 g/mol. The van der Waals surface area contributed by atoms with Crippen LogP contribution in [0.4, 0.5) is 0 Å². The first-order valence-corrected chi connectivity index (χ1v) is 6.72. The van der Waals surface area contributed by atoms with Gasteiger partial charge in [-0.1, -0.05) is 22.8 Å². The topological polar surface area (TPSA) is 104 Å². The summed E-state index contributed by atoms with van der Waals surface area (Å²) in [6.45, 7) is 0.895. The summed E-state index contributed by atoms with van der Waals surface area (Å²) < 4.78 is 0.703. The Bertz CT molecular complexity index is 504. The van der Waals surface area contributed by atoms with Crippen molar-refractivity contribution in [3.05, 3.63) is 43.7 Å². The first-order chi connectivity index (χ1) is 9.06. The van der Waals surface area contributed by atoms with E-state index in [-0.39, 0.29) is 0 Å². The molecule has 102 valence electrons. The fourth-order valence-corrected chi connectivity index (χ4v) is 2.03. The number of carbonyl (C=O) groups is 1. The van der Waals surface area contributed by atoms with Gasteiger partial charge >= 0.3 is 0 Å². The van der Waals surface area contributed by atoms with Crippen LogP contribution in [0.3, 0.4) is 0 Å². The largest absolute Gasteiger partial charge is 0.368 e. The van der Waals surface area contributed by atoms with Crippen LogP contribution in [0.25, 0.3) is 10.4 Å². The minimum absolute atomic E-state index is 0.374. The van der Waals surface area contributed by atoms with Crippen LogP contribution >= 0.6 is 27.5 Å². The van der Waals surface area contributed by atoms with Gasteiger partial charge in [0.2, 0.25) is 5.91 Å². The zero-order valence-corrected chi connectivity index (χ0v) is 12.4. The fraction of sp³-hybridized carbons (Fsp3) is 0.364. The van der Waals surface area contributed by atoms with E-state index in [2.05, 4.69) is 31.3 Å². The zero-order valence-electron chi connectivity index (χ0n) is 10.0. The van der Waals surface area contributed by atoms with Gasteiger partial charge in [-0.2, -0.15) is 0 Å². The third kappa shape index (κ3) is 5.08. The number of nitrogens with two attached hydrogens (primary N) is 1. The Morgan fingerprint density at radius 2 is 2.37 bits per heavy atom. The van der Waals surface area contributed by atoms with E-state index in [1.165, 1.54) is 0 Å². The minimum Gasteiger partial charge on any atom is -0.368 e. The Kier molecular flexibility index (Phi) is 6.66. The van der Waals surface area contributed by atoms with Gasteiger partial charge in [0.1, 0.15) is 6.04 Å². The number of benzene rings is 1. The molecule has 1 rings (SSSR count). The minimum atomic E-state index is -0.598. The van der Waals surface area contributed by atoms with Gasteiger partial charge in [0, 0.05) is 15.9 Å². The number of rotatable bonds is 7. The molecule has 0 radical (unpaired) electrons. The molecule has 0 aromatic heterocycles. The van der Waals surface area contributed by atoms with Crippen LogP contribution in [-0.2, 0) is 4.79 Å². The molecule has 0 aliphatic carbocycles. The molecule has 0 heterocycles. The summed E-state index contributed by atoms with van der Waals surface area (Å²) in [5.41, 5.74) is 14.2. The van der Waals surface area contributed by atoms with Crippen LogP contribution in [0.5, 0.6) is 0 Å². The van der Waals surface area contributed by atoms with Crippen molar-refractivity contribution in [1.29, 1.82) is 0 Å². The first kappa shape index (κ1) is 15.8. The van der Waals surface area contributed by atoms with Crippen molar-refractivity contribution in [2.45, 2.75) is 12.5 Å². The van der Waals surface area contributed by atoms with E-state index < -0.39 is 11.9 Å². The van der Waals surface area contributed by atoms with Gasteiger partial charge in [0.25, 0.3) is 0 Å². The summed E-state index contributed by atoms with van der Waals surface area (Å²) >= 11 is 9.20. The van der Waals surface area contributed by atoms with E-state index in [4.69, 9.17) is 22.9 Å². The molecule has 1 unspecified atom stereocenters. The highest BCUT2D eigenvalue weighted by Gasteiger charge is 2.17. The van der Waals surface area contributed by atoms with Crippen molar-refractivity contribution < 1.29 is 4.79 Å². The SMILES string of the molecule is [N-]=[N+]=NCCCNC(C(N)=O)c1ccc(Cl)c(Br)c1. The molecular formula is C11H13BrClN5O. The van der Waals surface area contributed by atoms with Crippen molar-refractivity contribution in [2.75, 3.05) is 13.1 Å². The average Bonchev–Trinajstić information content (AvgIpc) is 2.37. The van der Waals surface area contributed by atoms with Gasteiger partial charge < -0.3 is 11.1 Å².